The van der Waals surface area contributed by atoms with Gasteiger partial charge in [0.2, 0.25) is 5.95 Å². The molecule has 0 unspecified atom stereocenters. The first-order valence-corrected chi connectivity index (χ1v) is 8.23. The van der Waals surface area contributed by atoms with Crippen LogP contribution in [0.5, 0.6) is 0 Å². The van der Waals surface area contributed by atoms with Crippen LogP contribution in [-0.2, 0) is 0 Å². The molecule has 0 fully saturated rings. The number of carboxylic acids is 1. The SMILES string of the molecule is Cc1nc2ccccn2c1-c1ccnc(Nc2nc(C(=O)O)cs2)n1. The van der Waals surface area contributed by atoms with Crippen molar-refractivity contribution in [1.82, 2.24) is 24.3 Å². The Hall–Kier alpha value is -3.33. The number of imidazole rings is 1. The fraction of sp³-hybridized carbons (Fsp3) is 0.0625. The van der Waals surface area contributed by atoms with E-state index in [-0.39, 0.29) is 5.69 Å². The largest absolute Gasteiger partial charge is 0.476 e. The molecule has 0 aliphatic carbocycles. The molecule has 4 heterocycles. The molecule has 0 aliphatic rings. The number of nitrogens with zero attached hydrogens (tertiary/aromatic N) is 5. The van der Waals surface area contributed by atoms with Crippen molar-refractivity contribution in [3.63, 3.8) is 0 Å². The lowest BCUT2D eigenvalue weighted by atomic mass is 10.2. The summed E-state index contributed by atoms with van der Waals surface area (Å²) in [5.74, 6) is -0.727. The lowest BCUT2D eigenvalue weighted by Gasteiger charge is -2.05. The Morgan fingerprint density at radius 2 is 2.12 bits per heavy atom. The minimum Gasteiger partial charge on any atom is -0.476 e. The first kappa shape index (κ1) is 15.2. The molecule has 0 bridgehead atoms. The molecule has 0 atom stereocenters. The van der Waals surface area contributed by atoms with Gasteiger partial charge in [0.1, 0.15) is 5.65 Å². The average Bonchev–Trinajstić information content (AvgIpc) is 3.18. The van der Waals surface area contributed by atoms with Gasteiger partial charge in [-0.05, 0) is 25.1 Å². The number of anilines is 2. The van der Waals surface area contributed by atoms with Gasteiger partial charge < -0.3 is 10.4 Å². The number of hydrogen-bond donors (Lipinski definition) is 2. The van der Waals surface area contributed by atoms with E-state index in [0.29, 0.717) is 16.8 Å². The summed E-state index contributed by atoms with van der Waals surface area (Å²) in [6, 6.07) is 7.60. The predicted molar refractivity (Wildman–Crippen MR) is 93.3 cm³/mol. The molecule has 0 aliphatic heterocycles. The molecular formula is C16H12N6O2S. The molecule has 8 nitrogen and oxygen atoms in total. The van der Waals surface area contributed by atoms with Gasteiger partial charge in [-0.15, -0.1) is 11.3 Å². The van der Waals surface area contributed by atoms with Crippen molar-refractivity contribution in [2.75, 3.05) is 5.32 Å². The van der Waals surface area contributed by atoms with Gasteiger partial charge in [0, 0.05) is 17.8 Å². The molecule has 0 saturated heterocycles. The zero-order valence-corrected chi connectivity index (χ0v) is 13.9. The summed E-state index contributed by atoms with van der Waals surface area (Å²) in [6.07, 6.45) is 3.57. The Balaban J connectivity index is 1.71. The van der Waals surface area contributed by atoms with Gasteiger partial charge in [-0.3, -0.25) is 4.40 Å². The number of aryl methyl sites for hydroxylation is 1. The van der Waals surface area contributed by atoms with Crippen LogP contribution < -0.4 is 5.32 Å². The summed E-state index contributed by atoms with van der Waals surface area (Å²) in [6.45, 7) is 1.93. The van der Waals surface area contributed by atoms with Crippen LogP contribution in [0.1, 0.15) is 16.2 Å². The van der Waals surface area contributed by atoms with E-state index in [1.54, 1.807) is 12.3 Å². The Morgan fingerprint density at radius 1 is 1.24 bits per heavy atom. The highest BCUT2D eigenvalue weighted by Gasteiger charge is 2.14. The van der Waals surface area contributed by atoms with Crippen molar-refractivity contribution in [3.8, 4) is 11.4 Å². The van der Waals surface area contributed by atoms with Crippen molar-refractivity contribution in [3.05, 3.63) is 53.4 Å². The number of aromatic carboxylic acids is 1. The molecule has 0 aromatic carbocycles. The van der Waals surface area contributed by atoms with E-state index in [0.717, 1.165) is 17.0 Å². The number of aromatic nitrogens is 5. The van der Waals surface area contributed by atoms with E-state index in [1.165, 1.54) is 16.7 Å². The molecule has 0 saturated carbocycles. The Labute approximate surface area is 145 Å². The highest BCUT2D eigenvalue weighted by Crippen LogP contribution is 2.25. The molecule has 4 rings (SSSR count). The first-order valence-electron chi connectivity index (χ1n) is 7.35. The zero-order chi connectivity index (χ0) is 17.4. The number of carboxylic acid groups (broad SMARTS) is 1. The summed E-state index contributed by atoms with van der Waals surface area (Å²) in [7, 11) is 0. The third-order valence-electron chi connectivity index (χ3n) is 3.54. The van der Waals surface area contributed by atoms with Crippen molar-refractivity contribution in [1.29, 1.82) is 0 Å². The summed E-state index contributed by atoms with van der Waals surface area (Å²) < 4.78 is 1.97. The monoisotopic (exact) mass is 352 g/mol. The summed E-state index contributed by atoms with van der Waals surface area (Å²) in [5.41, 5.74) is 3.28. The number of rotatable bonds is 4. The Bertz CT molecular complexity index is 1090. The van der Waals surface area contributed by atoms with Crippen LogP contribution >= 0.6 is 11.3 Å². The lowest BCUT2D eigenvalue weighted by molar-refractivity contribution is 0.0691. The van der Waals surface area contributed by atoms with Crippen LogP contribution in [0.3, 0.4) is 0 Å². The highest BCUT2D eigenvalue weighted by atomic mass is 32.1. The molecule has 25 heavy (non-hydrogen) atoms. The van der Waals surface area contributed by atoms with E-state index in [9.17, 15) is 4.79 Å². The zero-order valence-electron chi connectivity index (χ0n) is 13.0. The van der Waals surface area contributed by atoms with Crippen molar-refractivity contribution in [2.24, 2.45) is 0 Å². The van der Waals surface area contributed by atoms with Crippen molar-refractivity contribution < 1.29 is 9.90 Å². The minimum atomic E-state index is -1.07. The second-order valence-electron chi connectivity index (χ2n) is 5.21. The first-order chi connectivity index (χ1) is 12.1. The van der Waals surface area contributed by atoms with Crippen molar-refractivity contribution >= 4 is 34.0 Å². The number of fused-ring (bicyclic) bond motifs is 1. The molecule has 0 radical (unpaired) electrons. The number of thiazole rings is 1. The Kier molecular flexibility index (Phi) is 3.62. The quantitative estimate of drug-likeness (QED) is 0.581. The number of carbonyl (C=O) groups is 1. The molecule has 2 N–H and O–H groups in total. The fourth-order valence-corrected chi connectivity index (χ4v) is 3.18. The van der Waals surface area contributed by atoms with E-state index in [4.69, 9.17) is 5.11 Å². The van der Waals surface area contributed by atoms with Crippen LogP contribution in [0.15, 0.2) is 42.0 Å². The Morgan fingerprint density at radius 3 is 2.92 bits per heavy atom. The summed E-state index contributed by atoms with van der Waals surface area (Å²) in [5, 5.41) is 13.8. The van der Waals surface area contributed by atoms with E-state index in [2.05, 4.69) is 25.3 Å². The van der Waals surface area contributed by atoms with E-state index in [1.807, 2.05) is 35.7 Å². The molecule has 0 spiro atoms. The van der Waals surface area contributed by atoms with E-state index >= 15 is 0 Å². The molecule has 9 heteroatoms. The van der Waals surface area contributed by atoms with Crippen LogP contribution in [0.2, 0.25) is 0 Å². The molecule has 4 aromatic heterocycles. The number of hydrogen-bond acceptors (Lipinski definition) is 7. The minimum absolute atomic E-state index is 0.0127. The van der Waals surface area contributed by atoms with Crippen LogP contribution in [0, 0.1) is 6.92 Å². The number of pyridine rings is 1. The smallest absolute Gasteiger partial charge is 0.355 e. The second-order valence-corrected chi connectivity index (χ2v) is 6.07. The van der Waals surface area contributed by atoms with Crippen LogP contribution in [0.25, 0.3) is 17.0 Å². The van der Waals surface area contributed by atoms with Gasteiger partial charge in [0.25, 0.3) is 0 Å². The summed E-state index contributed by atoms with van der Waals surface area (Å²) >= 11 is 1.18. The maximum atomic E-state index is 10.9. The lowest BCUT2D eigenvalue weighted by Crippen LogP contribution is -2.01. The third-order valence-corrected chi connectivity index (χ3v) is 4.30. The normalized spacial score (nSPS) is 10.9. The standard InChI is InChI=1S/C16H12N6O2S/c1-9-13(22-7-3-2-4-12(22)18-9)10-5-6-17-15(19-10)21-16-20-11(8-25-16)14(23)24/h2-8H,1H3,(H,23,24)(H,17,19,20,21). The maximum absolute atomic E-state index is 10.9. The molecule has 4 aromatic rings. The number of nitrogens with one attached hydrogen (secondary N) is 1. The molecule has 124 valence electrons. The average molecular weight is 352 g/mol. The van der Waals surface area contributed by atoms with Gasteiger partial charge in [0.05, 0.1) is 17.1 Å². The highest BCUT2D eigenvalue weighted by molar-refractivity contribution is 7.14. The van der Waals surface area contributed by atoms with Gasteiger partial charge in [0.15, 0.2) is 10.8 Å². The van der Waals surface area contributed by atoms with Gasteiger partial charge in [-0.1, -0.05) is 6.07 Å². The van der Waals surface area contributed by atoms with Gasteiger partial charge in [-0.2, -0.15) is 0 Å². The maximum Gasteiger partial charge on any atom is 0.355 e. The molecule has 0 amide bonds. The third kappa shape index (κ3) is 2.81. The summed E-state index contributed by atoms with van der Waals surface area (Å²) in [4.78, 5) is 28.1. The van der Waals surface area contributed by atoms with Crippen LogP contribution in [0.4, 0.5) is 11.1 Å². The second kappa shape index (κ2) is 5.95. The van der Waals surface area contributed by atoms with Gasteiger partial charge >= 0.3 is 5.97 Å². The topological polar surface area (TPSA) is 105 Å². The molecular weight excluding hydrogens is 340 g/mol. The van der Waals surface area contributed by atoms with Crippen LogP contribution in [-0.4, -0.2) is 35.4 Å². The van der Waals surface area contributed by atoms with Gasteiger partial charge in [-0.25, -0.2) is 24.7 Å². The van der Waals surface area contributed by atoms with E-state index < -0.39 is 5.97 Å². The van der Waals surface area contributed by atoms with Crippen molar-refractivity contribution in [2.45, 2.75) is 6.92 Å². The fourth-order valence-electron chi connectivity index (χ4n) is 2.50. The predicted octanol–water partition coefficient (Wildman–Crippen LogP) is 3.00.